The molecule has 0 aliphatic heterocycles. The first-order valence-corrected chi connectivity index (χ1v) is 5.70. The van der Waals surface area contributed by atoms with E-state index in [2.05, 4.69) is 9.97 Å². The van der Waals surface area contributed by atoms with Crippen molar-refractivity contribution in [2.24, 2.45) is 0 Å². The van der Waals surface area contributed by atoms with Crippen LogP contribution in [0.25, 0.3) is 11.3 Å². The molecule has 82 valence electrons. The van der Waals surface area contributed by atoms with Crippen molar-refractivity contribution in [2.75, 3.05) is 0 Å². The molecule has 0 atom stereocenters. The van der Waals surface area contributed by atoms with Crippen LogP contribution in [0.3, 0.4) is 0 Å². The fourth-order valence-corrected chi connectivity index (χ4v) is 2.10. The van der Waals surface area contributed by atoms with Gasteiger partial charge in [0, 0.05) is 29.8 Å². The highest BCUT2D eigenvalue weighted by Crippen LogP contribution is 2.21. The van der Waals surface area contributed by atoms with E-state index in [-0.39, 0.29) is 6.42 Å². The molecule has 2 aromatic rings. The average Bonchev–Trinajstić information content (AvgIpc) is 2.76. The zero-order valence-corrected chi connectivity index (χ0v) is 9.28. The highest BCUT2D eigenvalue weighted by atomic mass is 32.1. The van der Waals surface area contributed by atoms with Gasteiger partial charge in [-0.3, -0.25) is 9.78 Å². The molecule has 0 fully saturated rings. The molecular formula is C11H10N2O2S. The number of carboxylic acid groups (broad SMARTS) is 1. The lowest BCUT2D eigenvalue weighted by atomic mass is 10.2. The zero-order valence-electron chi connectivity index (χ0n) is 8.46. The Morgan fingerprint density at radius 2 is 2.12 bits per heavy atom. The van der Waals surface area contributed by atoms with Crippen molar-refractivity contribution < 1.29 is 9.90 Å². The molecule has 2 heterocycles. The third-order valence-electron chi connectivity index (χ3n) is 2.08. The summed E-state index contributed by atoms with van der Waals surface area (Å²) in [4.78, 5) is 18.7. The molecule has 0 unspecified atom stereocenters. The lowest BCUT2D eigenvalue weighted by molar-refractivity contribution is -0.136. The molecule has 0 saturated carbocycles. The number of aliphatic carboxylic acids is 1. The van der Waals surface area contributed by atoms with Crippen LogP contribution in [0.1, 0.15) is 11.4 Å². The highest BCUT2D eigenvalue weighted by molar-refractivity contribution is 7.09. The van der Waals surface area contributed by atoms with Crippen LogP contribution in [0.4, 0.5) is 0 Å². The monoisotopic (exact) mass is 234 g/mol. The largest absolute Gasteiger partial charge is 0.481 e. The Morgan fingerprint density at radius 3 is 2.81 bits per heavy atom. The van der Waals surface area contributed by atoms with E-state index < -0.39 is 5.97 Å². The lowest BCUT2D eigenvalue weighted by Gasteiger charge is -1.94. The van der Waals surface area contributed by atoms with Crippen molar-refractivity contribution in [3.05, 3.63) is 34.9 Å². The molecule has 0 bridgehead atoms. The van der Waals surface area contributed by atoms with Crippen LogP contribution < -0.4 is 0 Å². The molecule has 2 aromatic heterocycles. The first-order chi connectivity index (χ1) is 7.75. The van der Waals surface area contributed by atoms with Crippen molar-refractivity contribution in [2.45, 2.75) is 12.8 Å². The van der Waals surface area contributed by atoms with Gasteiger partial charge in [-0.1, -0.05) is 0 Å². The molecule has 0 aromatic carbocycles. The summed E-state index contributed by atoms with van der Waals surface area (Å²) in [5, 5.41) is 11.4. The number of carboxylic acids is 1. The SMILES string of the molecule is O=C(O)CCc1nc(-c2ccncc2)cs1. The molecule has 4 nitrogen and oxygen atoms in total. The quantitative estimate of drug-likeness (QED) is 0.881. The molecule has 0 amide bonds. The Hall–Kier alpha value is -1.75. The third kappa shape index (κ3) is 2.64. The molecule has 0 saturated heterocycles. The van der Waals surface area contributed by atoms with Crippen LogP contribution in [0.5, 0.6) is 0 Å². The van der Waals surface area contributed by atoms with E-state index in [1.807, 2.05) is 17.5 Å². The summed E-state index contributed by atoms with van der Waals surface area (Å²) in [6.07, 6.45) is 4.05. The predicted octanol–water partition coefficient (Wildman–Crippen LogP) is 2.22. The molecule has 16 heavy (non-hydrogen) atoms. The van der Waals surface area contributed by atoms with Gasteiger partial charge in [0.15, 0.2) is 0 Å². The van der Waals surface area contributed by atoms with Gasteiger partial charge < -0.3 is 5.11 Å². The number of hydrogen-bond acceptors (Lipinski definition) is 4. The van der Waals surface area contributed by atoms with Gasteiger partial charge in [-0.25, -0.2) is 4.98 Å². The first kappa shape index (κ1) is 10.8. The van der Waals surface area contributed by atoms with E-state index in [0.29, 0.717) is 6.42 Å². The minimum Gasteiger partial charge on any atom is -0.481 e. The Labute approximate surface area is 96.6 Å². The minimum absolute atomic E-state index is 0.128. The second-order valence-corrected chi connectivity index (χ2v) is 4.20. The third-order valence-corrected chi connectivity index (χ3v) is 2.99. The van der Waals surface area contributed by atoms with Gasteiger partial charge in [-0.15, -0.1) is 11.3 Å². The van der Waals surface area contributed by atoms with Crippen LogP contribution in [0, 0.1) is 0 Å². The number of thiazole rings is 1. The number of hydrogen-bond donors (Lipinski definition) is 1. The summed E-state index contributed by atoms with van der Waals surface area (Å²) in [7, 11) is 0. The summed E-state index contributed by atoms with van der Waals surface area (Å²) in [6.45, 7) is 0. The standard InChI is InChI=1S/C11H10N2O2S/c14-11(15)2-1-10-13-9(7-16-10)8-3-5-12-6-4-8/h3-7H,1-2H2,(H,14,15). The van der Waals surface area contributed by atoms with Crippen LogP contribution in [-0.4, -0.2) is 21.0 Å². The van der Waals surface area contributed by atoms with E-state index in [9.17, 15) is 4.79 Å². The van der Waals surface area contributed by atoms with Crippen molar-refractivity contribution >= 4 is 17.3 Å². The summed E-state index contributed by atoms with van der Waals surface area (Å²) < 4.78 is 0. The Bertz CT molecular complexity index is 482. The summed E-state index contributed by atoms with van der Waals surface area (Å²) in [5.74, 6) is -0.791. The average molecular weight is 234 g/mol. The minimum atomic E-state index is -0.791. The topological polar surface area (TPSA) is 63.1 Å². The molecule has 0 radical (unpaired) electrons. The van der Waals surface area contributed by atoms with E-state index >= 15 is 0 Å². The predicted molar refractivity (Wildman–Crippen MR) is 61.3 cm³/mol. The second kappa shape index (κ2) is 4.85. The molecular weight excluding hydrogens is 224 g/mol. The van der Waals surface area contributed by atoms with E-state index in [1.165, 1.54) is 11.3 Å². The molecule has 0 aliphatic rings. The van der Waals surface area contributed by atoms with Gasteiger partial charge in [0.25, 0.3) is 0 Å². The lowest BCUT2D eigenvalue weighted by Crippen LogP contribution is -1.96. The van der Waals surface area contributed by atoms with Crippen LogP contribution in [-0.2, 0) is 11.2 Å². The van der Waals surface area contributed by atoms with Crippen molar-refractivity contribution in [3.8, 4) is 11.3 Å². The maximum absolute atomic E-state index is 10.4. The van der Waals surface area contributed by atoms with Gasteiger partial charge in [0.1, 0.15) is 0 Å². The highest BCUT2D eigenvalue weighted by Gasteiger charge is 2.05. The maximum Gasteiger partial charge on any atom is 0.303 e. The molecule has 0 spiro atoms. The van der Waals surface area contributed by atoms with Gasteiger partial charge in [0.2, 0.25) is 0 Å². The van der Waals surface area contributed by atoms with Crippen LogP contribution >= 0.6 is 11.3 Å². The normalized spacial score (nSPS) is 10.2. The maximum atomic E-state index is 10.4. The van der Waals surface area contributed by atoms with E-state index in [4.69, 9.17) is 5.11 Å². The van der Waals surface area contributed by atoms with Crippen LogP contribution in [0.2, 0.25) is 0 Å². The molecule has 1 N–H and O–H groups in total. The fourth-order valence-electron chi connectivity index (χ4n) is 1.29. The van der Waals surface area contributed by atoms with E-state index in [1.54, 1.807) is 12.4 Å². The molecule has 0 aliphatic carbocycles. The number of pyridine rings is 1. The van der Waals surface area contributed by atoms with E-state index in [0.717, 1.165) is 16.3 Å². The van der Waals surface area contributed by atoms with Crippen molar-refractivity contribution in [3.63, 3.8) is 0 Å². The van der Waals surface area contributed by atoms with Gasteiger partial charge >= 0.3 is 5.97 Å². The number of aryl methyl sites for hydroxylation is 1. The fraction of sp³-hybridized carbons (Fsp3) is 0.182. The van der Waals surface area contributed by atoms with Crippen molar-refractivity contribution in [1.82, 2.24) is 9.97 Å². The number of rotatable bonds is 4. The summed E-state index contributed by atoms with van der Waals surface area (Å²) in [5.41, 5.74) is 1.89. The Balaban J connectivity index is 2.11. The number of aromatic nitrogens is 2. The molecule has 5 heteroatoms. The van der Waals surface area contributed by atoms with Crippen LogP contribution in [0.15, 0.2) is 29.9 Å². The first-order valence-electron chi connectivity index (χ1n) is 4.82. The number of nitrogens with zero attached hydrogens (tertiary/aromatic N) is 2. The molecule has 2 rings (SSSR count). The summed E-state index contributed by atoms with van der Waals surface area (Å²) in [6, 6.07) is 3.77. The second-order valence-electron chi connectivity index (χ2n) is 3.26. The van der Waals surface area contributed by atoms with Gasteiger partial charge in [-0.05, 0) is 12.1 Å². The smallest absolute Gasteiger partial charge is 0.303 e. The van der Waals surface area contributed by atoms with Crippen molar-refractivity contribution in [1.29, 1.82) is 0 Å². The van der Waals surface area contributed by atoms with Gasteiger partial charge in [0.05, 0.1) is 17.1 Å². The Kier molecular flexibility index (Phi) is 3.26. The zero-order chi connectivity index (χ0) is 11.4. The number of carbonyl (C=O) groups is 1. The van der Waals surface area contributed by atoms with Gasteiger partial charge in [-0.2, -0.15) is 0 Å². The summed E-state index contributed by atoms with van der Waals surface area (Å²) >= 11 is 1.49. The Morgan fingerprint density at radius 1 is 1.38 bits per heavy atom.